The molecular formula is C10H13N5O3S. The van der Waals surface area contributed by atoms with Crippen molar-refractivity contribution in [3.63, 3.8) is 0 Å². The summed E-state index contributed by atoms with van der Waals surface area (Å²) in [6.07, 6.45) is 1.84. The first-order valence-electron chi connectivity index (χ1n) is 5.61. The van der Waals surface area contributed by atoms with Crippen LogP contribution in [0.1, 0.15) is 6.23 Å². The van der Waals surface area contributed by atoms with Crippen molar-refractivity contribution in [1.29, 1.82) is 0 Å². The predicted molar refractivity (Wildman–Crippen MR) is 69.2 cm³/mol. The minimum absolute atomic E-state index is 0.262. The number of aliphatic hydroxyl groups is 2. The number of anilines is 1. The SMILES string of the molecule is CSC1OC(n2cnc3c(N)ncnc32)C(O)C1O. The van der Waals surface area contributed by atoms with Crippen LogP contribution in [0.25, 0.3) is 11.2 Å². The van der Waals surface area contributed by atoms with Gasteiger partial charge in [0.05, 0.1) is 6.33 Å². The van der Waals surface area contributed by atoms with E-state index in [1.165, 1.54) is 24.4 Å². The van der Waals surface area contributed by atoms with E-state index in [9.17, 15) is 10.2 Å². The first-order chi connectivity index (χ1) is 9.13. The third-order valence-corrected chi connectivity index (χ3v) is 3.94. The Morgan fingerprint density at radius 1 is 1.32 bits per heavy atom. The van der Waals surface area contributed by atoms with Crippen molar-refractivity contribution >= 4 is 28.7 Å². The van der Waals surface area contributed by atoms with E-state index in [4.69, 9.17) is 10.5 Å². The highest BCUT2D eigenvalue weighted by atomic mass is 32.2. The predicted octanol–water partition coefficient (Wildman–Crippen LogP) is -0.652. The van der Waals surface area contributed by atoms with Gasteiger partial charge in [-0.1, -0.05) is 0 Å². The molecule has 1 saturated heterocycles. The van der Waals surface area contributed by atoms with Gasteiger partial charge in [-0.15, -0.1) is 11.8 Å². The Kier molecular flexibility index (Phi) is 3.05. The molecule has 0 aromatic carbocycles. The van der Waals surface area contributed by atoms with E-state index in [0.717, 1.165) is 0 Å². The van der Waals surface area contributed by atoms with Crippen molar-refractivity contribution in [2.45, 2.75) is 23.9 Å². The van der Waals surface area contributed by atoms with Crippen LogP contribution in [0.4, 0.5) is 5.82 Å². The van der Waals surface area contributed by atoms with Gasteiger partial charge in [0, 0.05) is 0 Å². The molecule has 3 heterocycles. The van der Waals surface area contributed by atoms with Crippen molar-refractivity contribution in [1.82, 2.24) is 19.5 Å². The first kappa shape index (κ1) is 12.6. The summed E-state index contributed by atoms with van der Waals surface area (Å²) in [6, 6.07) is 0. The number of imidazole rings is 1. The summed E-state index contributed by atoms with van der Waals surface area (Å²) in [5.74, 6) is 0.262. The zero-order valence-electron chi connectivity index (χ0n) is 10.0. The van der Waals surface area contributed by atoms with E-state index >= 15 is 0 Å². The Bertz CT molecular complexity index is 606. The number of rotatable bonds is 2. The molecule has 0 spiro atoms. The van der Waals surface area contributed by atoms with Crippen molar-refractivity contribution in [2.24, 2.45) is 0 Å². The summed E-state index contributed by atoms with van der Waals surface area (Å²) in [5, 5.41) is 19.9. The lowest BCUT2D eigenvalue weighted by Crippen LogP contribution is -2.30. The second-order valence-electron chi connectivity index (χ2n) is 4.19. The molecule has 0 amide bonds. The van der Waals surface area contributed by atoms with Gasteiger partial charge in [0.2, 0.25) is 0 Å². The molecule has 1 aliphatic heterocycles. The molecule has 2 aromatic heterocycles. The summed E-state index contributed by atoms with van der Waals surface area (Å²) in [4.78, 5) is 12.0. The number of aliphatic hydroxyl groups excluding tert-OH is 2. The molecule has 1 fully saturated rings. The monoisotopic (exact) mass is 283 g/mol. The summed E-state index contributed by atoms with van der Waals surface area (Å²) in [7, 11) is 0. The van der Waals surface area contributed by atoms with Gasteiger partial charge in [-0.05, 0) is 6.26 Å². The van der Waals surface area contributed by atoms with Crippen LogP contribution in [0.3, 0.4) is 0 Å². The molecule has 4 N–H and O–H groups in total. The first-order valence-corrected chi connectivity index (χ1v) is 6.89. The van der Waals surface area contributed by atoms with E-state index in [1.807, 2.05) is 0 Å². The molecule has 0 saturated carbocycles. The molecule has 19 heavy (non-hydrogen) atoms. The number of fused-ring (bicyclic) bond motifs is 1. The lowest BCUT2D eigenvalue weighted by molar-refractivity contribution is -0.0192. The van der Waals surface area contributed by atoms with Crippen molar-refractivity contribution < 1.29 is 14.9 Å². The van der Waals surface area contributed by atoms with Gasteiger partial charge in [0.25, 0.3) is 0 Å². The Morgan fingerprint density at radius 3 is 2.79 bits per heavy atom. The van der Waals surface area contributed by atoms with Crippen LogP contribution in [-0.2, 0) is 4.74 Å². The standard InChI is InChI=1S/C10H13N5O3S/c1-19-10-6(17)5(16)9(18-10)15-3-14-4-7(11)12-2-13-8(4)15/h2-3,5-6,9-10,16-17H,1H3,(H2,11,12,13). The highest BCUT2D eigenvalue weighted by Gasteiger charge is 2.43. The average Bonchev–Trinajstić information content (AvgIpc) is 2.94. The summed E-state index contributed by atoms with van der Waals surface area (Å²) >= 11 is 1.33. The van der Waals surface area contributed by atoms with Crippen molar-refractivity contribution in [3.05, 3.63) is 12.7 Å². The lowest BCUT2D eigenvalue weighted by atomic mass is 10.2. The molecule has 0 bridgehead atoms. The molecule has 0 aliphatic carbocycles. The number of aromatic nitrogens is 4. The van der Waals surface area contributed by atoms with Crippen molar-refractivity contribution in [3.8, 4) is 0 Å². The molecule has 0 radical (unpaired) electrons. The zero-order valence-corrected chi connectivity index (χ0v) is 10.9. The lowest BCUT2D eigenvalue weighted by Gasteiger charge is -2.16. The largest absolute Gasteiger partial charge is 0.387 e. The quantitative estimate of drug-likeness (QED) is 0.665. The fourth-order valence-electron chi connectivity index (χ4n) is 2.11. The van der Waals surface area contributed by atoms with E-state index in [1.54, 1.807) is 10.8 Å². The van der Waals surface area contributed by atoms with Crippen LogP contribution >= 0.6 is 11.8 Å². The number of hydrogen-bond acceptors (Lipinski definition) is 8. The molecule has 2 aromatic rings. The van der Waals surface area contributed by atoms with Crippen LogP contribution in [0, 0.1) is 0 Å². The van der Waals surface area contributed by atoms with E-state index in [-0.39, 0.29) is 5.82 Å². The van der Waals surface area contributed by atoms with Gasteiger partial charge in [-0.2, -0.15) is 0 Å². The smallest absolute Gasteiger partial charge is 0.167 e. The number of nitrogen functional groups attached to an aromatic ring is 1. The average molecular weight is 283 g/mol. The molecular weight excluding hydrogens is 270 g/mol. The van der Waals surface area contributed by atoms with Gasteiger partial charge in [-0.25, -0.2) is 15.0 Å². The maximum Gasteiger partial charge on any atom is 0.167 e. The topological polar surface area (TPSA) is 119 Å². The van der Waals surface area contributed by atoms with E-state index in [0.29, 0.717) is 11.2 Å². The van der Waals surface area contributed by atoms with E-state index in [2.05, 4.69) is 15.0 Å². The van der Waals surface area contributed by atoms with Crippen LogP contribution in [0.2, 0.25) is 0 Å². The third-order valence-electron chi connectivity index (χ3n) is 3.09. The highest BCUT2D eigenvalue weighted by Crippen LogP contribution is 2.35. The van der Waals surface area contributed by atoms with Gasteiger partial charge in [-0.3, -0.25) is 4.57 Å². The summed E-state index contributed by atoms with van der Waals surface area (Å²) in [6.45, 7) is 0. The van der Waals surface area contributed by atoms with Crippen LogP contribution in [0.5, 0.6) is 0 Å². The minimum Gasteiger partial charge on any atom is -0.387 e. The number of hydrogen-bond donors (Lipinski definition) is 3. The molecule has 8 nitrogen and oxygen atoms in total. The van der Waals surface area contributed by atoms with Crippen LogP contribution in [0.15, 0.2) is 12.7 Å². The minimum atomic E-state index is -1.05. The normalized spacial score (nSPS) is 31.1. The highest BCUT2D eigenvalue weighted by molar-refractivity contribution is 7.99. The number of ether oxygens (including phenoxy) is 1. The summed E-state index contributed by atoms with van der Waals surface area (Å²) < 4.78 is 7.17. The van der Waals surface area contributed by atoms with Gasteiger partial charge < -0.3 is 20.7 Å². The van der Waals surface area contributed by atoms with Crippen LogP contribution < -0.4 is 5.73 Å². The van der Waals surface area contributed by atoms with Gasteiger partial charge >= 0.3 is 0 Å². The maximum atomic E-state index is 10.0. The fraction of sp³-hybridized carbons (Fsp3) is 0.500. The molecule has 3 rings (SSSR count). The molecule has 1 aliphatic rings. The second kappa shape index (κ2) is 4.60. The molecule has 4 unspecified atom stereocenters. The zero-order chi connectivity index (χ0) is 13.6. The molecule has 4 atom stereocenters. The van der Waals surface area contributed by atoms with Gasteiger partial charge in [0.15, 0.2) is 17.7 Å². The second-order valence-corrected chi connectivity index (χ2v) is 5.13. The molecule has 102 valence electrons. The number of nitrogens with zero attached hydrogens (tertiary/aromatic N) is 4. The molecule has 9 heteroatoms. The third kappa shape index (κ3) is 1.86. The number of thioether (sulfide) groups is 1. The maximum absolute atomic E-state index is 10.0. The Balaban J connectivity index is 2.04. The Labute approximate surface area is 112 Å². The Hall–Kier alpha value is -1.42. The fourth-order valence-corrected chi connectivity index (χ4v) is 2.77. The van der Waals surface area contributed by atoms with Gasteiger partial charge in [0.1, 0.15) is 29.5 Å². The van der Waals surface area contributed by atoms with E-state index < -0.39 is 23.9 Å². The van der Waals surface area contributed by atoms with Crippen LogP contribution in [-0.4, -0.2) is 53.6 Å². The summed E-state index contributed by atoms with van der Waals surface area (Å²) in [5.41, 5.74) is 6.12. The number of nitrogens with two attached hydrogens (primary N) is 1. The van der Waals surface area contributed by atoms with Crippen molar-refractivity contribution in [2.75, 3.05) is 12.0 Å². The Morgan fingerprint density at radius 2 is 2.11 bits per heavy atom.